The van der Waals surface area contributed by atoms with E-state index in [2.05, 4.69) is 42.2 Å². The van der Waals surface area contributed by atoms with Crippen molar-refractivity contribution in [1.82, 2.24) is 10.3 Å². The van der Waals surface area contributed by atoms with Gasteiger partial charge in [-0.3, -0.25) is 4.98 Å². The molecule has 2 aromatic rings. The molecule has 2 rings (SSSR count). The van der Waals surface area contributed by atoms with Crippen LogP contribution in [0.3, 0.4) is 0 Å². The van der Waals surface area contributed by atoms with Crippen LogP contribution in [0, 0.1) is 0 Å². The number of hydrogen-bond donors (Lipinski definition) is 1. The molecule has 0 amide bonds. The van der Waals surface area contributed by atoms with Gasteiger partial charge in [-0.2, -0.15) is 13.2 Å². The van der Waals surface area contributed by atoms with Gasteiger partial charge in [0.2, 0.25) is 0 Å². The molecule has 0 spiro atoms. The Labute approximate surface area is 199 Å². The minimum absolute atomic E-state index is 0.135. The largest absolute Gasteiger partial charge is 0.491 e. The van der Waals surface area contributed by atoms with Crippen molar-refractivity contribution in [2.75, 3.05) is 19.8 Å². The third-order valence-electron chi connectivity index (χ3n) is 3.66. The highest BCUT2D eigenvalue weighted by molar-refractivity contribution is 9.11. The molecule has 0 radical (unpaired) electrons. The van der Waals surface area contributed by atoms with E-state index in [0.717, 1.165) is 21.2 Å². The standard InChI is InChI=1S/C19H17Br2Cl2F3N2O2/c20-15-8-14(29-7-4-17(22)23)9-16(21)18(15)30-6-1-5-27-11-13-3-2-12(10-28-13)19(24,25)26/h2-4,8-10,27H,1,5-7,11H2. The van der Waals surface area contributed by atoms with Crippen LogP contribution < -0.4 is 14.8 Å². The Balaban J connectivity index is 1.73. The number of alkyl halides is 3. The van der Waals surface area contributed by atoms with Crippen LogP contribution in [0.5, 0.6) is 11.5 Å². The Morgan fingerprint density at radius 1 is 1.13 bits per heavy atom. The molecule has 0 fully saturated rings. The second-order valence-electron chi connectivity index (χ2n) is 5.94. The van der Waals surface area contributed by atoms with Crippen LogP contribution in [0.1, 0.15) is 17.7 Å². The Morgan fingerprint density at radius 2 is 1.83 bits per heavy atom. The van der Waals surface area contributed by atoms with Crippen LogP contribution in [0.4, 0.5) is 13.2 Å². The maximum absolute atomic E-state index is 12.5. The van der Waals surface area contributed by atoms with Crippen LogP contribution in [0.25, 0.3) is 0 Å². The lowest BCUT2D eigenvalue weighted by Gasteiger charge is -2.13. The molecule has 1 aromatic carbocycles. The molecule has 11 heteroatoms. The van der Waals surface area contributed by atoms with Gasteiger partial charge in [-0.15, -0.1) is 0 Å². The lowest BCUT2D eigenvalue weighted by atomic mass is 10.2. The van der Waals surface area contributed by atoms with E-state index >= 15 is 0 Å². The third-order valence-corrected chi connectivity index (χ3v) is 5.15. The summed E-state index contributed by atoms with van der Waals surface area (Å²) in [6.45, 7) is 1.67. The van der Waals surface area contributed by atoms with Gasteiger partial charge in [0.1, 0.15) is 22.6 Å². The molecular formula is C19H17Br2Cl2F3N2O2. The Morgan fingerprint density at radius 3 is 2.40 bits per heavy atom. The summed E-state index contributed by atoms with van der Waals surface area (Å²) in [5, 5.41) is 3.12. The maximum Gasteiger partial charge on any atom is 0.417 e. The molecule has 0 bridgehead atoms. The Kier molecular flexibility index (Phi) is 10.2. The van der Waals surface area contributed by atoms with Gasteiger partial charge in [-0.05, 0) is 75.2 Å². The van der Waals surface area contributed by atoms with Crippen molar-refractivity contribution in [3.8, 4) is 11.5 Å². The number of rotatable bonds is 10. The van der Waals surface area contributed by atoms with Crippen molar-refractivity contribution >= 4 is 55.1 Å². The fourth-order valence-electron chi connectivity index (χ4n) is 2.24. The van der Waals surface area contributed by atoms with E-state index in [4.69, 9.17) is 32.7 Å². The molecular weight excluding hydrogens is 576 g/mol. The number of halogens is 7. The first-order chi connectivity index (χ1) is 14.2. The first-order valence-electron chi connectivity index (χ1n) is 8.65. The molecule has 0 unspecified atom stereocenters. The van der Waals surface area contributed by atoms with Crippen molar-refractivity contribution in [3.63, 3.8) is 0 Å². The van der Waals surface area contributed by atoms with Gasteiger partial charge in [-0.1, -0.05) is 23.2 Å². The Hall–Kier alpha value is -1.000. The highest BCUT2D eigenvalue weighted by atomic mass is 79.9. The molecule has 164 valence electrons. The van der Waals surface area contributed by atoms with E-state index in [1.54, 1.807) is 12.1 Å². The van der Waals surface area contributed by atoms with E-state index in [1.807, 2.05) is 0 Å². The van der Waals surface area contributed by atoms with E-state index in [9.17, 15) is 13.2 Å². The molecule has 1 heterocycles. The maximum atomic E-state index is 12.5. The summed E-state index contributed by atoms with van der Waals surface area (Å²) in [4.78, 5) is 3.82. The van der Waals surface area contributed by atoms with Crippen molar-refractivity contribution in [3.05, 3.63) is 61.2 Å². The fraction of sp³-hybridized carbons (Fsp3) is 0.316. The fourth-order valence-corrected chi connectivity index (χ4v) is 3.74. The highest BCUT2D eigenvalue weighted by Gasteiger charge is 2.30. The van der Waals surface area contributed by atoms with Crippen LogP contribution in [0.2, 0.25) is 0 Å². The second kappa shape index (κ2) is 12.1. The van der Waals surface area contributed by atoms with Gasteiger partial charge < -0.3 is 14.8 Å². The molecule has 0 aliphatic carbocycles. The average molecular weight is 593 g/mol. The number of nitrogens with zero attached hydrogens (tertiary/aromatic N) is 1. The molecule has 1 aromatic heterocycles. The predicted octanol–water partition coefficient (Wildman–Crippen LogP) is 6.88. The number of benzene rings is 1. The summed E-state index contributed by atoms with van der Waals surface area (Å²) < 4.78 is 50.4. The predicted molar refractivity (Wildman–Crippen MR) is 118 cm³/mol. The van der Waals surface area contributed by atoms with E-state index < -0.39 is 11.7 Å². The zero-order valence-electron chi connectivity index (χ0n) is 15.4. The number of hydrogen-bond acceptors (Lipinski definition) is 4. The van der Waals surface area contributed by atoms with Gasteiger partial charge in [-0.25, -0.2) is 0 Å². The summed E-state index contributed by atoms with van der Waals surface area (Å²) in [6.07, 6.45) is -1.32. The molecule has 0 aliphatic rings. The molecule has 0 saturated heterocycles. The molecule has 1 N–H and O–H groups in total. The van der Waals surface area contributed by atoms with Crippen LogP contribution in [-0.4, -0.2) is 24.7 Å². The zero-order chi connectivity index (χ0) is 22.1. The minimum Gasteiger partial charge on any atom is -0.491 e. The average Bonchev–Trinajstić information content (AvgIpc) is 2.65. The van der Waals surface area contributed by atoms with Crippen LogP contribution >= 0.6 is 55.1 Å². The van der Waals surface area contributed by atoms with Crippen molar-refractivity contribution in [1.29, 1.82) is 0 Å². The van der Waals surface area contributed by atoms with E-state index in [-0.39, 0.29) is 11.1 Å². The minimum atomic E-state index is -4.38. The van der Waals surface area contributed by atoms with Crippen molar-refractivity contribution in [2.24, 2.45) is 0 Å². The van der Waals surface area contributed by atoms with Crippen molar-refractivity contribution in [2.45, 2.75) is 19.1 Å². The first kappa shape index (κ1) is 25.3. The summed E-state index contributed by atoms with van der Waals surface area (Å²) in [6, 6.07) is 5.92. The molecule has 0 saturated carbocycles. The highest BCUT2D eigenvalue weighted by Crippen LogP contribution is 2.37. The molecule has 4 nitrogen and oxygen atoms in total. The second-order valence-corrected chi connectivity index (χ2v) is 8.65. The number of nitrogens with one attached hydrogen (secondary N) is 1. The molecule has 0 aliphatic heterocycles. The van der Waals surface area contributed by atoms with Crippen LogP contribution in [-0.2, 0) is 12.7 Å². The topological polar surface area (TPSA) is 43.4 Å². The lowest BCUT2D eigenvalue weighted by molar-refractivity contribution is -0.137. The normalized spacial score (nSPS) is 11.3. The molecule has 0 atom stereocenters. The number of ether oxygens (including phenoxy) is 2. The molecule has 30 heavy (non-hydrogen) atoms. The Bertz CT molecular complexity index is 839. The van der Waals surface area contributed by atoms with Crippen molar-refractivity contribution < 1.29 is 22.6 Å². The monoisotopic (exact) mass is 590 g/mol. The number of pyridine rings is 1. The lowest BCUT2D eigenvalue weighted by Crippen LogP contribution is -2.18. The summed E-state index contributed by atoms with van der Waals surface area (Å²) in [5.74, 6) is 1.25. The van der Waals surface area contributed by atoms with Crippen LogP contribution in [0.15, 0.2) is 50.0 Å². The summed E-state index contributed by atoms with van der Waals surface area (Å²) in [5.41, 5.74) is -0.221. The number of aromatic nitrogens is 1. The van der Waals surface area contributed by atoms with Gasteiger partial charge in [0.25, 0.3) is 0 Å². The quantitative estimate of drug-likeness (QED) is 0.305. The summed E-state index contributed by atoms with van der Waals surface area (Å²) in [7, 11) is 0. The van der Waals surface area contributed by atoms with Gasteiger partial charge in [0, 0.05) is 12.7 Å². The SMILES string of the molecule is FC(F)(F)c1ccc(CNCCCOc2c(Br)cc(OCC=C(Cl)Cl)cc2Br)nc1. The smallest absolute Gasteiger partial charge is 0.417 e. The van der Waals surface area contributed by atoms with E-state index in [1.165, 1.54) is 12.1 Å². The van der Waals surface area contributed by atoms with Gasteiger partial charge in [0.05, 0.1) is 26.8 Å². The first-order valence-corrected chi connectivity index (χ1v) is 11.0. The zero-order valence-corrected chi connectivity index (χ0v) is 20.1. The summed E-state index contributed by atoms with van der Waals surface area (Å²) >= 11 is 18.0. The van der Waals surface area contributed by atoms with Gasteiger partial charge >= 0.3 is 6.18 Å². The third kappa shape index (κ3) is 8.63. The van der Waals surface area contributed by atoms with Gasteiger partial charge in [0.15, 0.2) is 0 Å². The van der Waals surface area contributed by atoms with E-state index in [0.29, 0.717) is 43.3 Å².